The minimum atomic E-state index is -0.198. The van der Waals surface area contributed by atoms with Gasteiger partial charge in [-0.25, -0.2) is 0 Å². The number of ether oxygens (including phenoxy) is 2. The van der Waals surface area contributed by atoms with E-state index in [9.17, 15) is 0 Å². The zero-order valence-corrected chi connectivity index (χ0v) is 13.3. The molecule has 1 aliphatic rings. The topological polar surface area (TPSA) is 48.3 Å². The van der Waals surface area contributed by atoms with Crippen molar-refractivity contribution in [1.29, 1.82) is 0 Å². The number of hydrogen-bond donors (Lipinski definition) is 1. The second-order valence-corrected chi connectivity index (χ2v) is 5.89. The first-order valence-corrected chi connectivity index (χ1v) is 7.52. The van der Waals surface area contributed by atoms with E-state index in [-0.39, 0.29) is 11.6 Å². The molecule has 1 saturated heterocycles. The highest BCUT2D eigenvalue weighted by Crippen LogP contribution is 2.41. The van der Waals surface area contributed by atoms with Crippen LogP contribution >= 0.6 is 0 Å². The van der Waals surface area contributed by atoms with Gasteiger partial charge in [-0.1, -0.05) is 6.92 Å². The van der Waals surface area contributed by atoms with Gasteiger partial charge in [-0.15, -0.1) is 0 Å². The van der Waals surface area contributed by atoms with Gasteiger partial charge in [-0.05, 0) is 40.2 Å². The summed E-state index contributed by atoms with van der Waals surface area (Å²) in [5, 5.41) is 8.06. The van der Waals surface area contributed by atoms with Crippen molar-refractivity contribution in [3.05, 3.63) is 11.9 Å². The number of nitrogens with one attached hydrogen (secondary N) is 1. The van der Waals surface area contributed by atoms with Gasteiger partial charge in [-0.2, -0.15) is 5.10 Å². The molecule has 20 heavy (non-hydrogen) atoms. The summed E-state index contributed by atoms with van der Waals surface area (Å²) in [6.07, 6.45) is 3.96. The molecule has 0 radical (unpaired) electrons. The van der Waals surface area contributed by atoms with E-state index in [1.807, 2.05) is 4.68 Å². The average Bonchev–Trinajstić information content (AvgIpc) is 3.02. The van der Waals surface area contributed by atoms with E-state index in [1.165, 1.54) is 0 Å². The predicted octanol–water partition coefficient (Wildman–Crippen LogP) is 2.69. The molecule has 2 atom stereocenters. The van der Waals surface area contributed by atoms with E-state index in [2.05, 4.69) is 38.1 Å². The van der Waals surface area contributed by atoms with Gasteiger partial charge in [0.2, 0.25) is 0 Å². The quantitative estimate of drug-likeness (QED) is 0.871. The summed E-state index contributed by atoms with van der Waals surface area (Å²) >= 11 is 0. The van der Waals surface area contributed by atoms with Crippen LogP contribution < -0.4 is 10.1 Å². The molecule has 0 amide bonds. The number of aromatic nitrogens is 2. The van der Waals surface area contributed by atoms with Crippen LogP contribution in [0.25, 0.3) is 0 Å². The molecular formula is C15H27N3O2. The van der Waals surface area contributed by atoms with Gasteiger partial charge in [0, 0.05) is 12.6 Å². The molecule has 2 rings (SSSR count). The highest BCUT2D eigenvalue weighted by atomic mass is 16.5. The molecule has 114 valence electrons. The van der Waals surface area contributed by atoms with Crippen LogP contribution in [0.1, 0.15) is 58.3 Å². The monoisotopic (exact) mass is 281 g/mol. The Morgan fingerprint density at radius 3 is 2.80 bits per heavy atom. The molecule has 1 N–H and O–H groups in total. The molecule has 0 aromatic carbocycles. The van der Waals surface area contributed by atoms with Crippen LogP contribution in [0.15, 0.2) is 6.20 Å². The van der Waals surface area contributed by atoms with Crippen molar-refractivity contribution in [1.82, 2.24) is 15.1 Å². The molecule has 2 heterocycles. The van der Waals surface area contributed by atoms with Crippen molar-refractivity contribution in [3.8, 4) is 5.75 Å². The van der Waals surface area contributed by atoms with Gasteiger partial charge in [-0.3, -0.25) is 4.68 Å². The van der Waals surface area contributed by atoms with Gasteiger partial charge >= 0.3 is 0 Å². The van der Waals surface area contributed by atoms with E-state index < -0.39 is 0 Å². The number of likely N-dealkylation sites (N-methyl/N-ethyl adjacent to an activating group) is 1. The lowest BCUT2D eigenvalue weighted by Crippen LogP contribution is -2.42. The highest BCUT2D eigenvalue weighted by molar-refractivity contribution is 5.31. The zero-order chi connectivity index (χ0) is 14.8. The molecule has 0 aliphatic carbocycles. The van der Waals surface area contributed by atoms with Gasteiger partial charge in [0.15, 0.2) is 5.75 Å². The standard InChI is InChI=1S/C15H27N3O2/c1-6-16-14(15(4)8-7-9-20-15)13-12(19-5)10-17-18(13)11(2)3/h10-11,14,16H,6-9H2,1-5H3. The second-order valence-electron chi connectivity index (χ2n) is 5.89. The van der Waals surface area contributed by atoms with Crippen LogP contribution in [0.3, 0.4) is 0 Å². The lowest BCUT2D eigenvalue weighted by molar-refractivity contribution is -0.0152. The molecule has 1 aromatic heterocycles. The van der Waals surface area contributed by atoms with Gasteiger partial charge in [0.25, 0.3) is 0 Å². The normalized spacial score (nSPS) is 24.3. The van der Waals surface area contributed by atoms with Crippen molar-refractivity contribution in [2.75, 3.05) is 20.3 Å². The van der Waals surface area contributed by atoms with E-state index in [4.69, 9.17) is 9.47 Å². The Hall–Kier alpha value is -1.07. The second kappa shape index (κ2) is 6.14. The Morgan fingerprint density at radius 1 is 1.55 bits per heavy atom. The van der Waals surface area contributed by atoms with Gasteiger partial charge in [0.1, 0.15) is 5.69 Å². The Labute approximate surface area is 121 Å². The van der Waals surface area contributed by atoms with E-state index in [0.29, 0.717) is 6.04 Å². The third-order valence-corrected chi connectivity index (χ3v) is 4.05. The minimum absolute atomic E-state index is 0.0925. The largest absolute Gasteiger partial charge is 0.493 e. The first-order valence-electron chi connectivity index (χ1n) is 7.52. The SMILES string of the molecule is CCNC(c1c(OC)cnn1C(C)C)C1(C)CCCO1. The first-order chi connectivity index (χ1) is 9.53. The molecule has 0 spiro atoms. The van der Waals surface area contributed by atoms with Crippen molar-refractivity contribution in [2.24, 2.45) is 0 Å². The Bertz CT molecular complexity index is 436. The summed E-state index contributed by atoms with van der Waals surface area (Å²) in [5.41, 5.74) is 0.893. The highest BCUT2D eigenvalue weighted by Gasteiger charge is 2.42. The van der Waals surface area contributed by atoms with Crippen LogP contribution in [0.2, 0.25) is 0 Å². The fourth-order valence-corrected chi connectivity index (χ4v) is 3.03. The summed E-state index contributed by atoms with van der Waals surface area (Å²) in [6.45, 7) is 10.3. The molecule has 1 aliphatic heterocycles. The molecule has 1 fully saturated rings. The van der Waals surface area contributed by atoms with Gasteiger partial charge < -0.3 is 14.8 Å². The lowest BCUT2D eigenvalue weighted by atomic mass is 9.90. The van der Waals surface area contributed by atoms with Crippen LogP contribution in [0, 0.1) is 0 Å². The van der Waals surface area contributed by atoms with E-state index in [1.54, 1.807) is 13.3 Å². The van der Waals surface area contributed by atoms with Crippen molar-refractivity contribution in [2.45, 2.75) is 58.2 Å². The third-order valence-electron chi connectivity index (χ3n) is 4.05. The van der Waals surface area contributed by atoms with Crippen LogP contribution in [0.4, 0.5) is 0 Å². The maximum Gasteiger partial charge on any atom is 0.161 e. The van der Waals surface area contributed by atoms with E-state index >= 15 is 0 Å². The lowest BCUT2D eigenvalue weighted by Gasteiger charge is -2.35. The summed E-state index contributed by atoms with van der Waals surface area (Å²) in [5.74, 6) is 0.835. The molecular weight excluding hydrogens is 254 g/mol. The Kier molecular flexibility index (Phi) is 4.70. The number of rotatable bonds is 6. The smallest absolute Gasteiger partial charge is 0.161 e. The first kappa shape index (κ1) is 15.3. The van der Waals surface area contributed by atoms with Crippen LogP contribution in [-0.4, -0.2) is 35.6 Å². The molecule has 1 aromatic rings. The number of methoxy groups -OCH3 is 1. The fraction of sp³-hybridized carbons (Fsp3) is 0.800. The maximum absolute atomic E-state index is 6.05. The van der Waals surface area contributed by atoms with Gasteiger partial charge in [0.05, 0.1) is 24.9 Å². The Morgan fingerprint density at radius 2 is 2.30 bits per heavy atom. The molecule has 2 unspecified atom stereocenters. The van der Waals surface area contributed by atoms with E-state index in [0.717, 1.165) is 37.4 Å². The molecule has 0 bridgehead atoms. The van der Waals surface area contributed by atoms with Crippen LogP contribution in [0.5, 0.6) is 5.75 Å². The maximum atomic E-state index is 6.05. The molecule has 5 nitrogen and oxygen atoms in total. The predicted molar refractivity (Wildman–Crippen MR) is 79.2 cm³/mol. The minimum Gasteiger partial charge on any atom is -0.493 e. The summed E-state index contributed by atoms with van der Waals surface area (Å²) < 4.78 is 13.6. The Balaban J connectivity index is 2.45. The van der Waals surface area contributed by atoms with Crippen molar-refractivity contribution >= 4 is 0 Å². The van der Waals surface area contributed by atoms with Crippen molar-refractivity contribution in [3.63, 3.8) is 0 Å². The zero-order valence-electron chi connectivity index (χ0n) is 13.3. The summed E-state index contributed by atoms with van der Waals surface area (Å²) in [6, 6.07) is 0.384. The fourth-order valence-electron chi connectivity index (χ4n) is 3.03. The molecule has 5 heteroatoms. The summed E-state index contributed by atoms with van der Waals surface area (Å²) in [7, 11) is 1.70. The third kappa shape index (κ3) is 2.69. The molecule has 0 saturated carbocycles. The average molecular weight is 281 g/mol. The van der Waals surface area contributed by atoms with Crippen molar-refractivity contribution < 1.29 is 9.47 Å². The number of nitrogens with zero attached hydrogens (tertiary/aromatic N) is 2. The summed E-state index contributed by atoms with van der Waals surface area (Å²) in [4.78, 5) is 0. The van der Waals surface area contributed by atoms with Crippen LogP contribution in [-0.2, 0) is 4.74 Å². The number of hydrogen-bond acceptors (Lipinski definition) is 4.